The Labute approximate surface area is 133 Å². The van der Waals surface area contributed by atoms with Crippen LogP contribution in [0.1, 0.15) is 21.5 Å². The highest BCUT2D eigenvalue weighted by atomic mass is 16.4. The number of carboxylic acids is 1. The van der Waals surface area contributed by atoms with Crippen LogP contribution < -0.4 is 10.6 Å². The lowest BCUT2D eigenvalue weighted by Gasteiger charge is -2.15. The van der Waals surface area contributed by atoms with Gasteiger partial charge in [0, 0.05) is 36.6 Å². The number of benzene rings is 1. The van der Waals surface area contributed by atoms with Crippen LogP contribution in [0.4, 0.5) is 5.69 Å². The minimum atomic E-state index is -1.06. The van der Waals surface area contributed by atoms with E-state index in [1.807, 2.05) is 12.1 Å². The molecule has 0 spiro atoms. The van der Waals surface area contributed by atoms with Crippen LogP contribution in [0.5, 0.6) is 0 Å². The number of hydrogen-bond acceptors (Lipinski definition) is 4. The maximum Gasteiger partial charge on any atom is 0.326 e. The molecular weight excluding hydrogens is 294 g/mol. The molecule has 0 radical (unpaired) electrons. The molecule has 0 saturated carbocycles. The van der Waals surface area contributed by atoms with Gasteiger partial charge < -0.3 is 15.7 Å². The number of anilines is 1. The van der Waals surface area contributed by atoms with Crippen molar-refractivity contribution in [1.82, 2.24) is 10.3 Å². The Balaban J connectivity index is 1.72. The molecule has 6 heteroatoms. The van der Waals surface area contributed by atoms with Gasteiger partial charge in [-0.2, -0.15) is 0 Å². The molecule has 3 N–H and O–H groups in total. The van der Waals surface area contributed by atoms with Crippen molar-refractivity contribution < 1.29 is 14.7 Å². The average molecular weight is 311 g/mol. The molecule has 6 nitrogen and oxygen atoms in total. The summed E-state index contributed by atoms with van der Waals surface area (Å²) >= 11 is 0. The van der Waals surface area contributed by atoms with Crippen LogP contribution in [-0.4, -0.2) is 34.6 Å². The first-order valence-corrected chi connectivity index (χ1v) is 7.43. The van der Waals surface area contributed by atoms with Crippen molar-refractivity contribution in [3.8, 4) is 0 Å². The molecule has 1 amide bonds. The smallest absolute Gasteiger partial charge is 0.326 e. The number of aliphatic carboxylic acids is 1. The van der Waals surface area contributed by atoms with Crippen molar-refractivity contribution in [2.45, 2.75) is 18.9 Å². The van der Waals surface area contributed by atoms with E-state index in [1.54, 1.807) is 30.6 Å². The summed E-state index contributed by atoms with van der Waals surface area (Å²) in [6.07, 6.45) is 4.29. The van der Waals surface area contributed by atoms with Crippen molar-refractivity contribution in [1.29, 1.82) is 0 Å². The predicted molar refractivity (Wildman–Crippen MR) is 85.5 cm³/mol. The fourth-order valence-corrected chi connectivity index (χ4v) is 2.64. The molecule has 2 heterocycles. The summed E-state index contributed by atoms with van der Waals surface area (Å²) in [5, 5.41) is 15.2. The van der Waals surface area contributed by atoms with E-state index in [4.69, 9.17) is 0 Å². The lowest BCUT2D eigenvalue weighted by molar-refractivity contribution is -0.139. The molecule has 1 aliphatic rings. The molecule has 0 fully saturated rings. The fourth-order valence-electron chi connectivity index (χ4n) is 2.64. The third-order valence-corrected chi connectivity index (χ3v) is 3.87. The van der Waals surface area contributed by atoms with Gasteiger partial charge in [-0.1, -0.05) is 0 Å². The number of nitrogens with one attached hydrogen (secondary N) is 2. The standard InChI is InChI=1S/C17H17N3O3/c21-16(13-1-2-14-12(10-13)5-8-19-14)20-15(17(22)23)9-11-3-6-18-7-4-11/h1-4,6-7,10,15,19H,5,8-9H2,(H,20,21)(H,22,23). The molecule has 1 unspecified atom stereocenters. The van der Waals surface area contributed by atoms with E-state index in [-0.39, 0.29) is 12.3 Å². The number of nitrogens with zero attached hydrogens (tertiary/aromatic N) is 1. The average Bonchev–Trinajstić information content (AvgIpc) is 3.02. The van der Waals surface area contributed by atoms with Crippen molar-refractivity contribution in [2.24, 2.45) is 0 Å². The highest BCUT2D eigenvalue weighted by molar-refractivity contribution is 5.97. The highest BCUT2D eigenvalue weighted by Gasteiger charge is 2.22. The van der Waals surface area contributed by atoms with Crippen LogP contribution in [0.15, 0.2) is 42.7 Å². The van der Waals surface area contributed by atoms with Gasteiger partial charge in [-0.05, 0) is 47.9 Å². The molecule has 0 aliphatic carbocycles. The van der Waals surface area contributed by atoms with Gasteiger partial charge in [0.15, 0.2) is 0 Å². The number of amides is 1. The number of fused-ring (bicyclic) bond motifs is 1. The molecule has 3 rings (SSSR count). The molecule has 1 atom stereocenters. The minimum absolute atomic E-state index is 0.218. The third-order valence-electron chi connectivity index (χ3n) is 3.87. The topological polar surface area (TPSA) is 91.3 Å². The van der Waals surface area contributed by atoms with Crippen molar-refractivity contribution >= 4 is 17.6 Å². The zero-order valence-corrected chi connectivity index (χ0v) is 12.5. The molecular formula is C17H17N3O3. The van der Waals surface area contributed by atoms with E-state index in [1.165, 1.54) is 0 Å². The Bertz CT molecular complexity index is 731. The lowest BCUT2D eigenvalue weighted by atomic mass is 10.1. The normalized spacial score (nSPS) is 13.7. The maximum atomic E-state index is 12.3. The Morgan fingerprint density at radius 1 is 1.26 bits per heavy atom. The van der Waals surface area contributed by atoms with E-state index in [0.717, 1.165) is 29.8 Å². The lowest BCUT2D eigenvalue weighted by Crippen LogP contribution is -2.42. The number of aromatic nitrogens is 1. The summed E-state index contributed by atoms with van der Waals surface area (Å²) in [5.41, 5.74) is 3.41. The van der Waals surface area contributed by atoms with Crippen LogP contribution >= 0.6 is 0 Å². The van der Waals surface area contributed by atoms with Gasteiger partial charge in [0.05, 0.1) is 0 Å². The van der Waals surface area contributed by atoms with E-state index in [2.05, 4.69) is 15.6 Å². The molecule has 23 heavy (non-hydrogen) atoms. The number of carboxylic acid groups (broad SMARTS) is 1. The zero-order chi connectivity index (χ0) is 16.2. The molecule has 118 valence electrons. The van der Waals surface area contributed by atoms with Gasteiger partial charge in [-0.3, -0.25) is 9.78 Å². The molecule has 2 aromatic rings. The number of carbonyl (C=O) groups excluding carboxylic acids is 1. The van der Waals surface area contributed by atoms with Gasteiger partial charge in [-0.25, -0.2) is 4.79 Å². The van der Waals surface area contributed by atoms with Crippen LogP contribution in [0.3, 0.4) is 0 Å². The second-order valence-corrected chi connectivity index (χ2v) is 5.47. The minimum Gasteiger partial charge on any atom is -0.480 e. The van der Waals surface area contributed by atoms with Crippen molar-refractivity contribution in [2.75, 3.05) is 11.9 Å². The van der Waals surface area contributed by atoms with Crippen LogP contribution in [0, 0.1) is 0 Å². The molecule has 1 aromatic carbocycles. The van der Waals surface area contributed by atoms with Crippen molar-refractivity contribution in [3.05, 3.63) is 59.4 Å². The van der Waals surface area contributed by atoms with Crippen molar-refractivity contribution in [3.63, 3.8) is 0 Å². The Morgan fingerprint density at radius 3 is 2.78 bits per heavy atom. The summed E-state index contributed by atoms with van der Waals surface area (Å²) in [6, 6.07) is 7.88. The largest absolute Gasteiger partial charge is 0.480 e. The second-order valence-electron chi connectivity index (χ2n) is 5.47. The molecule has 0 bridgehead atoms. The summed E-state index contributed by atoms with van der Waals surface area (Å²) < 4.78 is 0. The van der Waals surface area contributed by atoms with Crippen LogP contribution in [-0.2, 0) is 17.6 Å². The first-order chi connectivity index (χ1) is 11.1. The third kappa shape index (κ3) is 3.48. The summed E-state index contributed by atoms with van der Waals surface area (Å²) in [7, 11) is 0. The SMILES string of the molecule is O=C(NC(Cc1ccncc1)C(=O)O)c1ccc2c(c1)CCN2. The second kappa shape index (κ2) is 6.48. The van der Waals surface area contributed by atoms with Gasteiger partial charge in [-0.15, -0.1) is 0 Å². The summed E-state index contributed by atoms with van der Waals surface area (Å²) in [5.74, 6) is -1.43. The van der Waals surface area contributed by atoms with Gasteiger partial charge in [0.2, 0.25) is 0 Å². The molecule has 1 aromatic heterocycles. The number of carbonyl (C=O) groups is 2. The number of pyridine rings is 1. The first-order valence-electron chi connectivity index (χ1n) is 7.43. The molecule has 0 saturated heterocycles. The summed E-state index contributed by atoms with van der Waals surface area (Å²) in [6.45, 7) is 0.861. The summed E-state index contributed by atoms with van der Waals surface area (Å²) in [4.78, 5) is 27.7. The maximum absolute atomic E-state index is 12.3. The predicted octanol–water partition coefficient (Wildman–Crippen LogP) is 1.48. The van der Waals surface area contributed by atoms with Crippen LogP contribution in [0.25, 0.3) is 0 Å². The number of rotatable bonds is 5. The van der Waals surface area contributed by atoms with Gasteiger partial charge in [0.25, 0.3) is 5.91 Å². The van der Waals surface area contributed by atoms with Crippen LogP contribution in [0.2, 0.25) is 0 Å². The monoisotopic (exact) mass is 311 g/mol. The Kier molecular flexibility index (Phi) is 4.23. The van der Waals surface area contributed by atoms with E-state index >= 15 is 0 Å². The Hall–Kier alpha value is -2.89. The Morgan fingerprint density at radius 2 is 2.04 bits per heavy atom. The van der Waals surface area contributed by atoms with Gasteiger partial charge >= 0.3 is 5.97 Å². The quantitative estimate of drug-likeness (QED) is 0.778. The van der Waals surface area contributed by atoms with E-state index < -0.39 is 12.0 Å². The first kappa shape index (κ1) is 15.0. The fraction of sp³-hybridized carbons (Fsp3) is 0.235. The highest BCUT2D eigenvalue weighted by Crippen LogP contribution is 2.23. The van der Waals surface area contributed by atoms with E-state index in [9.17, 15) is 14.7 Å². The van der Waals surface area contributed by atoms with Gasteiger partial charge in [0.1, 0.15) is 6.04 Å². The molecule has 1 aliphatic heterocycles. The number of hydrogen-bond donors (Lipinski definition) is 3. The zero-order valence-electron chi connectivity index (χ0n) is 12.5. The van der Waals surface area contributed by atoms with E-state index in [0.29, 0.717) is 5.56 Å².